The van der Waals surface area contributed by atoms with Gasteiger partial charge in [0.05, 0.1) is 5.56 Å². The lowest BCUT2D eigenvalue weighted by molar-refractivity contribution is -0.116. The predicted octanol–water partition coefficient (Wildman–Crippen LogP) is 3.33. The van der Waals surface area contributed by atoms with Gasteiger partial charge in [-0.05, 0) is 31.0 Å². The van der Waals surface area contributed by atoms with E-state index in [1.54, 1.807) is 13.0 Å². The number of ether oxygens (including phenoxy) is 1. The van der Waals surface area contributed by atoms with E-state index in [0.29, 0.717) is 36.3 Å². The van der Waals surface area contributed by atoms with Crippen molar-refractivity contribution in [1.82, 2.24) is 0 Å². The molecule has 3 nitrogen and oxygen atoms in total. The molecule has 0 amide bonds. The van der Waals surface area contributed by atoms with Gasteiger partial charge in [-0.25, -0.2) is 0 Å². The zero-order chi connectivity index (χ0) is 14.8. The first-order valence-electron chi connectivity index (χ1n) is 7.03. The zero-order valence-corrected chi connectivity index (χ0v) is 11.9. The van der Waals surface area contributed by atoms with Crippen LogP contribution in [0.2, 0.25) is 0 Å². The van der Waals surface area contributed by atoms with Crippen LogP contribution in [0.5, 0.6) is 5.75 Å². The van der Waals surface area contributed by atoms with Gasteiger partial charge in [0.2, 0.25) is 0 Å². The average Bonchev–Trinajstić information content (AvgIpc) is 2.63. The second-order valence-electron chi connectivity index (χ2n) is 5.31. The number of Topliss-reactive ketones (excluding diaryl/α,β-unsaturated/α-hetero) is 1. The summed E-state index contributed by atoms with van der Waals surface area (Å²) in [4.78, 5) is 23.6. The molecule has 2 aromatic carbocycles. The van der Waals surface area contributed by atoms with Gasteiger partial charge in [-0.3, -0.25) is 4.79 Å². The van der Waals surface area contributed by atoms with Crippen molar-refractivity contribution in [3.63, 3.8) is 0 Å². The Morgan fingerprint density at radius 2 is 1.95 bits per heavy atom. The van der Waals surface area contributed by atoms with E-state index in [0.717, 1.165) is 11.1 Å². The molecule has 21 heavy (non-hydrogen) atoms. The van der Waals surface area contributed by atoms with Crippen LogP contribution < -0.4 is 4.74 Å². The Hall–Kier alpha value is -2.42. The highest BCUT2D eigenvalue weighted by molar-refractivity contribution is 6.12. The van der Waals surface area contributed by atoms with Crippen molar-refractivity contribution >= 4 is 11.6 Å². The molecule has 0 aromatic heterocycles. The summed E-state index contributed by atoms with van der Waals surface area (Å²) in [5, 5.41) is 0. The van der Waals surface area contributed by atoms with Gasteiger partial charge in [-0.15, -0.1) is 0 Å². The van der Waals surface area contributed by atoms with Crippen LogP contribution in [0.3, 0.4) is 0 Å². The first-order valence-corrected chi connectivity index (χ1v) is 7.03. The molecule has 0 saturated carbocycles. The number of aryl methyl sites for hydroxylation is 1. The molecule has 0 spiro atoms. The zero-order valence-electron chi connectivity index (χ0n) is 11.9. The summed E-state index contributed by atoms with van der Waals surface area (Å²) >= 11 is 0. The van der Waals surface area contributed by atoms with Gasteiger partial charge in [0, 0.05) is 17.5 Å². The van der Waals surface area contributed by atoms with Crippen molar-refractivity contribution in [2.24, 2.45) is 0 Å². The fraction of sp³-hybridized carbons (Fsp3) is 0.222. The Bertz CT molecular complexity index is 716. The number of ketones is 2. The Morgan fingerprint density at radius 3 is 2.76 bits per heavy atom. The third-order valence-corrected chi connectivity index (χ3v) is 3.70. The average molecular weight is 280 g/mol. The molecule has 0 N–H and O–H groups in total. The van der Waals surface area contributed by atoms with Crippen molar-refractivity contribution < 1.29 is 14.3 Å². The molecular formula is C18H16O3. The highest BCUT2D eigenvalue weighted by Gasteiger charge is 2.21. The van der Waals surface area contributed by atoms with Crippen LogP contribution in [0, 0.1) is 0 Å². The molecule has 3 heteroatoms. The van der Waals surface area contributed by atoms with E-state index in [2.05, 4.69) is 0 Å². The Kier molecular flexibility index (Phi) is 3.57. The van der Waals surface area contributed by atoms with Crippen LogP contribution in [0.4, 0.5) is 0 Å². The molecule has 0 saturated heterocycles. The number of hydrogen-bond donors (Lipinski definition) is 0. The second-order valence-corrected chi connectivity index (χ2v) is 5.31. The molecule has 1 aliphatic rings. The summed E-state index contributed by atoms with van der Waals surface area (Å²) in [7, 11) is 0. The van der Waals surface area contributed by atoms with Gasteiger partial charge in [-0.2, -0.15) is 0 Å². The first kappa shape index (κ1) is 13.6. The molecule has 0 radical (unpaired) electrons. The van der Waals surface area contributed by atoms with E-state index in [-0.39, 0.29) is 11.6 Å². The second kappa shape index (κ2) is 5.52. The minimum absolute atomic E-state index is 0.00350. The van der Waals surface area contributed by atoms with Crippen molar-refractivity contribution in [2.45, 2.75) is 26.4 Å². The normalized spacial score (nSPS) is 12.9. The monoisotopic (exact) mass is 280 g/mol. The summed E-state index contributed by atoms with van der Waals surface area (Å²) in [6.45, 7) is 1.98. The van der Waals surface area contributed by atoms with E-state index in [1.165, 1.54) is 0 Å². The van der Waals surface area contributed by atoms with Gasteiger partial charge >= 0.3 is 0 Å². The lowest BCUT2D eigenvalue weighted by Gasteiger charge is -2.08. The van der Waals surface area contributed by atoms with Crippen LogP contribution in [0.15, 0.2) is 42.5 Å². The fourth-order valence-corrected chi connectivity index (χ4v) is 2.52. The minimum Gasteiger partial charge on any atom is -0.488 e. The lowest BCUT2D eigenvalue weighted by atomic mass is 9.97. The van der Waals surface area contributed by atoms with E-state index < -0.39 is 0 Å². The van der Waals surface area contributed by atoms with Gasteiger partial charge in [0.15, 0.2) is 5.78 Å². The molecule has 1 heterocycles. The predicted molar refractivity (Wildman–Crippen MR) is 79.7 cm³/mol. The summed E-state index contributed by atoms with van der Waals surface area (Å²) < 4.78 is 5.79. The minimum atomic E-state index is -0.00350. The lowest BCUT2D eigenvalue weighted by Crippen LogP contribution is -2.03. The smallest absolute Gasteiger partial charge is 0.197 e. The van der Waals surface area contributed by atoms with Crippen molar-refractivity contribution in [3.05, 3.63) is 64.7 Å². The number of benzene rings is 2. The quantitative estimate of drug-likeness (QED) is 0.866. The van der Waals surface area contributed by atoms with Gasteiger partial charge in [0.25, 0.3) is 0 Å². The van der Waals surface area contributed by atoms with Crippen LogP contribution >= 0.6 is 0 Å². The standard InChI is InChI=1S/C18H16O3/c1-12(19)6-7-13-8-9-16-17(10-13)21-11-14-4-2-3-5-15(14)18(16)20/h2-5,8-10H,6-7,11H2,1H3. The largest absolute Gasteiger partial charge is 0.488 e. The number of carbonyl (C=O) groups excluding carboxylic acids is 2. The molecule has 1 aliphatic heterocycles. The third-order valence-electron chi connectivity index (χ3n) is 3.70. The van der Waals surface area contributed by atoms with Crippen LogP contribution in [-0.2, 0) is 17.8 Å². The van der Waals surface area contributed by atoms with Crippen molar-refractivity contribution in [1.29, 1.82) is 0 Å². The van der Waals surface area contributed by atoms with Crippen molar-refractivity contribution in [2.75, 3.05) is 0 Å². The Balaban J connectivity index is 1.95. The maximum absolute atomic E-state index is 12.6. The van der Waals surface area contributed by atoms with Crippen LogP contribution in [-0.4, -0.2) is 11.6 Å². The fourth-order valence-electron chi connectivity index (χ4n) is 2.52. The third kappa shape index (κ3) is 2.72. The van der Waals surface area contributed by atoms with Gasteiger partial charge < -0.3 is 9.53 Å². The molecule has 106 valence electrons. The summed E-state index contributed by atoms with van der Waals surface area (Å²) in [6.07, 6.45) is 1.18. The Morgan fingerprint density at radius 1 is 1.14 bits per heavy atom. The number of rotatable bonds is 3. The molecule has 0 unspecified atom stereocenters. The number of carbonyl (C=O) groups is 2. The summed E-state index contributed by atoms with van der Waals surface area (Å²) in [6, 6.07) is 13.1. The molecule has 0 bridgehead atoms. The molecular weight excluding hydrogens is 264 g/mol. The molecule has 2 aromatic rings. The van der Waals surface area contributed by atoms with Crippen LogP contribution in [0.1, 0.15) is 40.4 Å². The topological polar surface area (TPSA) is 43.4 Å². The maximum atomic E-state index is 12.6. The summed E-state index contributed by atoms with van der Waals surface area (Å²) in [5.41, 5.74) is 3.21. The molecule has 0 atom stereocenters. The van der Waals surface area contributed by atoms with Gasteiger partial charge in [-0.1, -0.05) is 30.3 Å². The van der Waals surface area contributed by atoms with Crippen LogP contribution in [0.25, 0.3) is 0 Å². The SMILES string of the molecule is CC(=O)CCc1ccc2c(c1)OCc1ccccc1C2=O. The highest BCUT2D eigenvalue weighted by atomic mass is 16.5. The molecule has 0 aliphatic carbocycles. The molecule has 3 rings (SSSR count). The molecule has 0 fully saturated rings. The number of fused-ring (bicyclic) bond motifs is 2. The van der Waals surface area contributed by atoms with E-state index in [9.17, 15) is 9.59 Å². The highest BCUT2D eigenvalue weighted by Crippen LogP contribution is 2.29. The number of hydrogen-bond acceptors (Lipinski definition) is 3. The van der Waals surface area contributed by atoms with E-state index in [4.69, 9.17) is 4.74 Å². The first-order chi connectivity index (χ1) is 10.1. The Labute approximate surface area is 123 Å². The summed E-state index contributed by atoms with van der Waals surface area (Å²) in [5.74, 6) is 0.766. The van der Waals surface area contributed by atoms with E-state index in [1.807, 2.05) is 36.4 Å². The van der Waals surface area contributed by atoms with E-state index >= 15 is 0 Å². The van der Waals surface area contributed by atoms with Gasteiger partial charge in [0.1, 0.15) is 18.1 Å². The maximum Gasteiger partial charge on any atom is 0.197 e. The van der Waals surface area contributed by atoms with Crippen molar-refractivity contribution in [3.8, 4) is 5.75 Å².